The number of carboxylic acid groups (broad SMARTS) is 2. The van der Waals surface area contributed by atoms with Gasteiger partial charge in [0.25, 0.3) is 0 Å². The molecule has 69 heavy (non-hydrogen) atoms. The molecule has 0 saturated heterocycles. The van der Waals surface area contributed by atoms with Crippen molar-refractivity contribution in [2.24, 2.45) is 0 Å². The summed E-state index contributed by atoms with van der Waals surface area (Å²) in [6, 6.07) is 22.9. The maximum atomic E-state index is 11.6. The second-order valence-electron chi connectivity index (χ2n) is 15.4. The molecular formula is C47H54F3N3O12Te4. The number of ketones is 1. The summed E-state index contributed by atoms with van der Waals surface area (Å²) >= 11 is -0.628. The van der Waals surface area contributed by atoms with Gasteiger partial charge in [0.05, 0.1) is 0 Å². The normalized spacial score (nSPS) is 12.5. The van der Waals surface area contributed by atoms with E-state index in [4.69, 9.17) is 29.2 Å². The van der Waals surface area contributed by atoms with Gasteiger partial charge in [-0.1, -0.05) is 0 Å². The van der Waals surface area contributed by atoms with Crippen molar-refractivity contribution in [1.82, 2.24) is 10.2 Å². The molecule has 0 unspecified atom stereocenters. The third-order valence-corrected chi connectivity index (χ3v) is 18.9. The number of Topliss-reactive ketones (excluding diaryl/α,β-unsaturated/α-hetero) is 1. The Morgan fingerprint density at radius 3 is 1.65 bits per heavy atom. The number of rotatable bonds is 15. The number of alkyl carbamates (subject to hydrolysis) is 1. The number of quaternary nitrogens is 1. The summed E-state index contributed by atoms with van der Waals surface area (Å²) in [6.45, 7) is 9.81. The molecule has 22 heteroatoms. The first kappa shape index (κ1) is 61.2. The summed E-state index contributed by atoms with van der Waals surface area (Å²) in [5, 5.41) is 20.0. The number of carbonyl (C=O) groups excluding carboxylic acids is 6. The topological polar surface area (TPSA) is 233 Å². The third-order valence-electron chi connectivity index (χ3n) is 8.43. The van der Waals surface area contributed by atoms with Crippen LogP contribution in [0.1, 0.15) is 54.0 Å². The zero-order valence-electron chi connectivity index (χ0n) is 38.4. The second kappa shape index (κ2) is 32.1. The van der Waals surface area contributed by atoms with Gasteiger partial charge in [0.1, 0.15) is 5.97 Å². The quantitative estimate of drug-likeness (QED) is 0.0592. The summed E-state index contributed by atoms with van der Waals surface area (Å²) in [5.41, 5.74) is 4.13. The van der Waals surface area contributed by atoms with Gasteiger partial charge in [-0.05, 0) is 0 Å². The van der Waals surface area contributed by atoms with Crippen molar-refractivity contribution in [3.05, 3.63) is 121 Å². The number of alkyl halides is 3. The number of aliphatic carboxylic acids is 2. The molecule has 0 saturated carbocycles. The SMILES string of the molecule is CC(=O)[C@H](Cc1ccc[te]1)NC(=O)OC(C)(C)C.Cc1ccc(OC(=O)OCCc2ccc[te]2)cc1.O=C([O-])C(F)(F)F.O=C1C=CC(=O)N1CCCc1ccc[te]1.[NH3+][C@@H](Cc1ccc[te]1)C(=O)O. The van der Waals surface area contributed by atoms with E-state index in [0.717, 1.165) is 24.8 Å². The number of aryl methyl sites for hydroxylation is 2. The molecule has 3 amide bonds. The average Bonchev–Trinajstić information content (AvgIpc) is 4.13. The zero-order valence-corrected chi connectivity index (χ0v) is 47.7. The van der Waals surface area contributed by atoms with Gasteiger partial charge < -0.3 is 9.90 Å². The van der Waals surface area contributed by atoms with Gasteiger partial charge in [0, 0.05) is 0 Å². The Kier molecular flexibility index (Phi) is 28.5. The molecule has 2 atom stereocenters. The van der Waals surface area contributed by atoms with Crippen molar-refractivity contribution >= 4 is 124 Å². The fraction of sp³-hybridized carbons (Fsp3) is 0.340. The van der Waals surface area contributed by atoms with E-state index in [9.17, 15) is 41.9 Å². The van der Waals surface area contributed by atoms with Crippen molar-refractivity contribution in [1.29, 1.82) is 0 Å². The number of nitrogens with zero attached hydrogens (tertiary/aromatic N) is 1. The number of ether oxygens (including phenoxy) is 3. The molecular weight excluding hydrogens is 1370 g/mol. The van der Waals surface area contributed by atoms with Crippen LogP contribution in [-0.4, -0.2) is 171 Å². The van der Waals surface area contributed by atoms with Crippen LogP contribution in [0.3, 0.4) is 0 Å². The van der Waals surface area contributed by atoms with E-state index < -0.39 is 48.0 Å². The number of nitrogens with one attached hydrogen (secondary N) is 1. The van der Waals surface area contributed by atoms with Gasteiger partial charge in [-0.15, -0.1) is 0 Å². The van der Waals surface area contributed by atoms with E-state index in [1.54, 1.807) is 32.9 Å². The third kappa shape index (κ3) is 27.9. The number of hydrogen-bond donors (Lipinski definition) is 3. The Balaban J connectivity index is 0.000000305. The van der Waals surface area contributed by atoms with Crippen molar-refractivity contribution < 1.29 is 76.9 Å². The van der Waals surface area contributed by atoms with E-state index in [-0.39, 0.29) is 99.3 Å². The van der Waals surface area contributed by atoms with Crippen LogP contribution in [0.4, 0.5) is 22.8 Å². The maximum absolute atomic E-state index is 11.6. The molecule has 5 N–H and O–H groups in total. The number of amides is 3. The van der Waals surface area contributed by atoms with Gasteiger partial charge in [-0.2, -0.15) is 13.2 Å². The first-order chi connectivity index (χ1) is 32.4. The van der Waals surface area contributed by atoms with Crippen LogP contribution in [0.2, 0.25) is 0 Å². The minimum absolute atomic E-state index is 0.0406. The number of carboxylic acids is 2. The predicted molar refractivity (Wildman–Crippen MR) is 251 cm³/mol. The molecule has 5 heterocycles. The summed E-state index contributed by atoms with van der Waals surface area (Å²) in [6.07, 6.45) is 0.275. The van der Waals surface area contributed by atoms with Gasteiger partial charge >= 0.3 is 412 Å². The number of carbonyl (C=O) groups is 7. The Morgan fingerprint density at radius 1 is 0.768 bits per heavy atom. The second-order valence-corrected chi connectivity index (χ2v) is 27.2. The van der Waals surface area contributed by atoms with Gasteiger partial charge in [0.2, 0.25) is 0 Å². The fourth-order valence-electron chi connectivity index (χ4n) is 5.07. The summed E-state index contributed by atoms with van der Waals surface area (Å²) in [4.78, 5) is 77.5. The number of benzene rings is 1. The standard InChI is InChI=1S/C14H14O3Te.C13H19NO3Te.C11H11NO2Te.C7H9NO2Te.C2HF3O2/c1-11-4-6-12(7-5-11)17-14(15)16-9-8-13-3-2-10-18-13;1-9(15)11(8-10-6-5-7-18-10)14-12(16)17-13(2,3)4;13-10-5-6-11(14)12(10)7-1-3-9-4-2-8-15-9;8-6(7(9)10)4-5-2-1-3-11-5;3-2(4,5)1(6)7/h2-7,10H,8-9H2,1H3;5-7,11H,8H2,1-4H3,(H,14,16);2,4-6,8H,1,3,7H2;1-3,6H,4,8H2,(H,9,10);(H,6,7)/t;11-;;6-;/m.0.0./s1. The molecule has 1 aliphatic rings. The molecule has 6 rings (SSSR count). The molecule has 0 bridgehead atoms. The van der Waals surface area contributed by atoms with Gasteiger partial charge in [-0.25, -0.2) is 0 Å². The van der Waals surface area contributed by atoms with Crippen LogP contribution in [0, 0.1) is 6.92 Å². The van der Waals surface area contributed by atoms with Crippen LogP contribution in [-0.2, 0) is 59.1 Å². The Hall–Kier alpha value is -3.92. The molecule has 374 valence electrons. The number of halogens is 3. The summed E-state index contributed by atoms with van der Waals surface area (Å²) in [7, 11) is 0. The first-order valence-electron chi connectivity index (χ1n) is 20.8. The monoisotopic (exact) mass is 1430 g/mol. The van der Waals surface area contributed by atoms with E-state index >= 15 is 0 Å². The molecule has 0 radical (unpaired) electrons. The first-order valence-corrected chi connectivity index (χ1v) is 30.9. The van der Waals surface area contributed by atoms with Crippen molar-refractivity contribution in [2.45, 2.75) is 90.6 Å². The zero-order chi connectivity index (χ0) is 51.6. The van der Waals surface area contributed by atoms with Crippen molar-refractivity contribution in [3.8, 4) is 5.75 Å². The average molecular weight is 1420 g/mol. The molecule has 1 aliphatic heterocycles. The Morgan fingerprint density at radius 2 is 1.23 bits per heavy atom. The number of imide groups is 1. The van der Waals surface area contributed by atoms with Crippen LogP contribution in [0.25, 0.3) is 0 Å². The Labute approximate surface area is 437 Å². The van der Waals surface area contributed by atoms with E-state index in [1.165, 1.54) is 38.3 Å². The summed E-state index contributed by atoms with van der Waals surface area (Å²) < 4.78 is 61.0. The van der Waals surface area contributed by atoms with Crippen molar-refractivity contribution in [3.63, 3.8) is 0 Å². The van der Waals surface area contributed by atoms with E-state index in [2.05, 4.69) is 51.6 Å². The molecule has 5 aromatic rings. The predicted octanol–water partition coefficient (Wildman–Crippen LogP) is 3.46. The van der Waals surface area contributed by atoms with E-state index in [0.29, 0.717) is 31.7 Å². The molecule has 0 spiro atoms. The molecule has 15 nitrogen and oxygen atoms in total. The number of hydrogen-bond acceptors (Lipinski definition) is 11. The van der Waals surface area contributed by atoms with E-state index in [1.807, 2.05) is 43.3 Å². The fourth-order valence-corrected chi connectivity index (χ4v) is 13.6. The van der Waals surface area contributed by atoms with Crippen LogP contribution in [0.15, 0.2) is 101 Å². The molecule has 4 aromatic heterocycles. The minimum atomic E-state index is -5.19. The van der Waals surface area contributed by atoms with Crippen LogP contribution < -0.4 is 20.9 Å². The molecule has 0 fully saturated rings. The Bertz CT molecular complexity index is 2330. The molecule has 1 aromatic carbocycles. The summed E-state index contributed by atoms with van der Waals surface area (Å²) in [5.74, 6) is -3.68. The van der Waals surface area contributed by atoms with Crippen LogP contribution >= 0.6 is 0 Å². The van der Waals surface area contributed by atoms with Crippen molar-refractivity contribution in [2.75, 3.05) is 13.2 Å². The van der Waals surface area contributed by atoms with Gasteiger partial charge in [0.15, 0.2) is 0 Å². The molecule has 0 aliphatic carbocycles. The van der Waals surface area contributed by atoms with Crippen LogP contribution in [0.5, 0.6) is 5.75 Å². The van der Waals surface area contributed by atoms with Gasteiger partial charge in [-0.3, -0.25) is 0 Å².